The van der Waals surface area contributed by atoms with Gasteiger partial charge in [-0.2, -0.15) is 0 Å². The first-order chi connectivity index (χ1) is 14.1. The minimum atomic E-state index is -0.414. The largest absolute Gasteiger partial charge is 0.381 e. The van der Waals surface area contributed by atoms with Crippen molar-refractivity contribution in [1.82, 2.24) is 16.5 Å². The lowest BCUT2D eigenvalue weighted by Crippen LogP contribution is -2.48. The number of fused-ring (bicyclic) bond motifs is 1. The Balaban J connectivity index is 0.00000117. The lowest BCUT2D eigenvalue weighted by molar-refractivity contribution is 0.0738. The monoisotopic (exact) mass is 417 g/mol. The molecular weight excluding hydrogens is 378 g/mol. The summed E-state index contributed by atoms with van der Waals surface area (Å²) in [6.45, 7) is 9.53. The van der Waals surface area contributed by atoms with Crippen LogP contribution in [-0.2, 0) is 4.74 Å². The Morgan fingerprint density at radius 2 is 1.77 bits per heavy atom. The zero-order chi connectivity index (χ0) is 20.8. The normalized spacial score (nSPS) is 17.8. The van der Waals surface area contributed by atoms with E-state index >= 15 is 0 Å². The second kappa shape index (κ2) is 11.2. The Morgan fingerprint density at radius 1 is 1.13 bits per heavy atom. The second-order valence-corrected chi connectivity index (χ2v) is 7.73. The predicted octanol–water partition coefficient (Wildman–Crippen LogP) is 3.81. The van der Waals surface area contributed by atoms with Crippen molar-refractivity contribution in [3.8, 4) is 0 Å². The number of anilines is 1. The second-order valence-electron chi connectivity index (χ2n) is 7.73. The Hall–Kier alpha value is -2.22. The summed E-state index contributed by atoms with van der Waals surface area (Å²) in [4.78, 5) is 19.1. The molecule has 168 valence electrons. The van der Waals surface area contributed by atoms with E-state index in [-0.39, 0.29) is 7.58 Å². The summed E-state index contributed by atoms with van der Waals surface area (Å²) < 4.78 is 5.44. The number of benzene rings is 1. The van der Waals surface area contributed by atoms with Crippen molar-refractivity contribution in [1.29, 1.82) is 0 Å². The first-order valence-corrected chi connectivity index (χ1v) is 10.9. The molecule has 0 spiro atoms. The summed E-state index contributed by atoms with van der Waals surface area (Å²) in [5, 5.41) is 4.74. The molecule has 2 saturated heterocycles. The molecule has 7 heteroatoms. The molecule has 2 fully saturated rings. The van der Waals surface area contributed by atoms with Crippen molar-refractivity contribution in [3.05, 3.63) is 35.4 Å². The fourth-order valence-electron chi connectivity index (χ4n) is 4.14. The van der Waals surface area contributed by atoms with Gasteiger partial charge in [-0.1, -0.05) is 26.0 Å². The number of hydrogen-bond donors (Lipinski definition) is 3. The first-order valence-electron chi connectivity index (χ1n) is 10.9. The van der Waals surface area contributed by atoms with Crippen LogP contribution in [0.1, 0.15) is 56.9 Å². The zero-order valence-corrected chi connectivity index (χ0v) is 18.6. The average Bonchev–Trinajstić information content (AvgIpc) is 2.75. The topological polar surface area (TPSA) is 115 Å². The molecule has 0 saturated carbocycles. The van der Waals surface area contributed by atoms with Gasteiger partial charge in [0, 0.05) is 45.2 Å². The summed E-state index contributed by atoms with van der Waals surface area (Å²) in [5.41, 5.74) is 8.25. The van der Waals surface area contributed by atoms with Crippen LogP contribution in [0.4, 0.5) is 5.82 Å². The Morgan fingerprint density at radius 3 is 2.40 bits per heavy atom. The van der Waals surface area contributed by atoms with Gasteiger partial charge in [0.15, 0.2) is 0 Å². The van der Waals surface area contributed by atoms with Gasteiger partial charge >= 0.3 is 0 Å². The number of pyridine rings is 1. The smallest absolute Gasteiger partial charge is 0.252 e. The number of nitrogens with zero attached hydrogens (tertiary/aromatic N) is 2. The van der Waals surface area contributed by atoms with Crippen LogP contribution < -0.4 is 22.1 Å². The molecule has 1 amide bonds. The van der Waals surface area contributed by atoms with Gasteiger partial charge in [0.05, 0.1) is 11.1 Å². The summed E-state index contributed by atoms with van der Waals surface area (Å²) in [6.07, 6.45) is 4.28. The molecule has 4 rings (SSSR count). The molecule has 0 bridgehead atoms. The molecule has 7 nitrogen and oxygen atoms in total. The van der Waals surface area contributed by atoms with Gasteiger partial charge in [-0.05, 0) is 50.3 Å². The van der Waals surface area contributed by atoms with E-state index in [1.807, 2.05) is 32.0 Å². The van der Waals surface area contributed by atoms with Crippen molar-refractivity contribution >= 4 is 22.6 Å². The number of piperidine rings is 1. The summed E-state index contributed by atoms with van der Waals surface area (Å²) >= 11 is 0. The molecule has 2 aliphatic rings. The molecule has 0 radical (unpaired) electrons. The maximum atomic E-state index is 12.0. The molecular formula is C23H39N5O2. The Bertz CT molecular complexity index is 834. The number of nitrogens with one attached hydrogen (secondary N) is 1. The van der Waals surface area contributed by atoms with Crippen molar-refractivity contribution < 1.29 is 11.0 Å². The van der Waals surface area contributed by atoms with Crippen LogP contribution in [0.25, 0.3) is 10.9 Å². The molecule has 3 heterocycles. The van der Waals surface area contributed by atoms with Crippen molar-refractivity contribution in [2.75, 3.05) is 31.2 Å². The summed E-state index contributed by atoms with van der Waals surface area (Å²) in [5.74, 6) is 0.313. The van der Waals surface area contributed by atoms with Gasteiger partial charge in [0.25, 0.3) is 5.91 Å². The molecule has 0 aliphatic carbocycles. The molecule has 30 heavy (non-hydrogen) atoms. The van der Waals surface area contributed by atoms with Crippen LogP contribution >= 0.6 is 0 Å². The predicted molar refractivity (Wildman–Crippen MR) is 126 cm³/mol. The fourth-order valence-corrected chi connectivity index (χ4v) is 4.14. The SMILES string of the molecule is CC.Cc1ccc2cc(C(N)=O)c(N3CCC(NC4CCOCC4)CC3)nc2c1.N.[HH]. The number of aromatic nitrogens is 1. The third-order valence-corrected chi connectivity index (χ3v) is 5.71. The highest BCUT2D eigenvalue weighted by molar-refractivity contribution is 6.01. The van der Waals surface area contributed by atoms with E-state index in [0.29, 0.717) is 17.6 Å². The van der Waals surface area contributed by atoms with E-state index in [2.05, 4.69) is 23.2 Å². The van der Waals surface area contributed by atoms with Crippen LogP contribution in [0, 0.1) is 6.92 Å². The molecule has 2 aliphatic heterocycles. The van der Waals surface area contributed by atoms with E-state index < -0.39 is 5.91 Å². The van der Waals surface area contributed by atoms with E-state index in [1.54, 1.807) is 0 Å². The van der Waals surface area contributed by atoms with Crippen LogP contribution in [0.15, 0.2) is 24.3 Å². The highest BCUT2D eigenvalue weighted by Gasteiger charge is 2.26. The lowest BCUT2D eigenvalue weighted by Gasteiger charge is -2.36. The van der Waals surface area contributed by atoms with Crippen molar-refractivity contribution in [2.24, 2.45) is 5.73 Å². The number of aryl methyl sites for hydroxylation is 1. The fraction of sp³-hybridized carbons (Fsp3) is 0.565. The van der Waals surface area contributed by atoms with E-state index in [1.165, 1.54) is 0 Å². The number of carbonyl (C=O) groups is 1. The first kappa shape index (κ1) is 24.1. The highest BCUT2D eigenvalue weighted by Crippen LogP contribution is 2.27. The van der Waals surface area contributed by atoms with Crippen LogP contribution in [0.2, 0.25) is 0 Å². The minimum absolute atomic E-state index is 0. The van der Waals surface area contributed by atoms with Crippen LogP contribution in [-0.4, -0.2) is 49.3 Å². The molecule has 2 aromatic rings. The van der Waals surface area contributed by atoms with Gasteiger partial charge in [0.2, 0.25) is 0 Å². The molecule has 0 atom stereocenters. The van der Waals surface area contributed by atoms with E-state index in [0.717, 1.165) is 74.3 Å². The van der Waals surface area contributed by atoms with Crippen molar-refractivity contribution in [2.45, 2.75) is 58.5 Å². The zero-order valence-electron chi connectivity index (χ0n) is 18.6. The number of rotatable bonds is 4. The van der Waals surface area contributed by atoms with Gasteiger partial charge < -0.3 is 26.8 Å². The van der Waals surface area contributed by atoms with E-state index in [9.17, 15) is 4.79 Å². The number of carbonyl (C=O) groups excluding carboxylic acids is 1. The third-order valence-electron chi connectivity index (χ3n) is 5.71. The van der Waals surface area contributed by atoms with Crippen LogP contribution in [0.5, 0.6) is 0 Å². The van der Waals surface area contributed by atoms with Gasteiger partial charge in [-0.15, -0.1) is 0 Å². The molecule has 1 aromatic carbocycles. The number of hydrogen-bond acceptors (Lipinski definition) is 6. The quantitative estimate of drug-likeness (QED) is 0.696. The summed E-state index contributed by atoms with van der Waals surface area (Å²) in [6, 6.07) is 9.05. The van der Waals surface area contributed by atoms with Gasteiger partial charge in [0.1, 0.15) is 5.82 Å². The standard InChI is InChI=1S/C21H28N4O2.C2H6.H3N.H2/c1-14-2-3-15-13-18(20(22)26)21(24-19(15)12-14)25-8-4-16(5-9-25)23-17-6-10-27-11-7-17;1-2;;/h2-3,12-13,16-17,23H,4-11H2,1H3,(H2,22,26);1-2H3;1H3;1H. The third kappa shape index (κ3) is 5.68. The number of amides is 1. The Labute approximate surface area is 181 Å². The number of ether oxygens (including phenoxy) is 1. The van der Waals surface area contributed by atoms with Crippen molar-refractivity contribution in [3.63, 3.8) is 0 Å². The molecule has 6 N–H and O–H groups in total. The highest BCUT2D eigenvalue weighted by atomic mass is 16.5. The van der Waals surface area contributed by atoms with Gasteiger partial charge in [-0.25, -0.2) is 4.98 Å². The maximum absolute atomic E-state index is 12.0. The van der Waals surface area contributed by atoms with Crippen LogP contribution in [0.3, 0.4) is 0 Å². The van der Waals surface area contributed by atoms with E-state index in [4.69, 9.17) is 15.5 Å². The lowest BCUT2D eigenvalue weighted by atomic mass is 10.0. The molecule has 0 unspecified atom stereocenters. The number of nitrogens with two attached hydrogens (primary N) is 1. The summed E-state index contributed by atoms with van der Waals surface area (Å²) in [7, 11) is 0. The maximum Gasteiger partial charge on any atom is 0.252 e. The van der Waals surface area contributed by atoms with Gasteiger partial charge in [-0.3, -0.25) is 4.79 Å². The number of primary amides is 1. The minimum Gasteiger partial charge on any atom is -0.381 e. The molecule has 1 aromatic heterocycles. The Kier molecular flexibility index (Phi) is 9.02. The average molecular weight is 418 g/mol.